The average Bonchev–Trinajstić information content (AvgIpc) is 2.84. The Morgan fingerprint density at radius 2 is 1.80 bits per heavy atom. The molecular formula is C15H27NO4. The minimum atomic E-state index is -0.516. The van der Waals surface area contributed by atoms with E-state index in [1.54, 1.807) is 0 Å². The quantitative estimate of drug-likeness (QED) is 0.623. The summed E-state index contributed by atoms with van der Waals surface area (Å²) in [5.74, 6) is -0.149. The summed E-state index contributed by atoms with van der Waals surface area (Å²) in [5.41, 5.74) is -0.305. The van der Waals surface area contributed by atoms with E-state index in [0.717, 1.165) is 12.8 Å². The van der Waals surface area contributed by atoms with Crippen molar-refractivity contribution in [1.29, 1.82) is 0 Å². The molecule has 5 heteroatoms. The molecule has 0 bridgehead atoms. The molecule has 0 saturated heterocycles. The Balaban J connectivity index is 2.50. The van der Waals surface area contributed by atoms with Gasteiger partial charge in [0, 0.05) is 0 Å². The van der Waals surface area contributed by atoms with Crippen molar-refractivity contribution >= 4 is 12.1 Å². The van der Waals surface area contributed by atoms with Gasteiger partial charge in [0.1, 0.15) is 6.61 Å². The van der Waals surface area contributed by atoms with Crippen LogP contribution < -0.4 is 5.32 Å². The second-order valence-corrected chi connectivity index (χ2v) is 7.43. The number of carbonyl (C=O) groups is 2. The number of hydrogen-bond donors (Lipinski definition) is 1. The van der Waals surface area contributed by atoms with Gasteiger partial charge in [-0.1, -0.05) is 34.6 Å². The highest BCUT2D eigenvalue weighted by molar-refractivity contribution is 5.82. The van der Waals surface area contributed by atoms with Gasteiger partial charge in [-0.2, -0.15) is 0 Å². The molecular weight excluding hydrogens is 258 g/mol. The highest BCUT2D eigenvalue weighted by Crippen LogP contribution is 2.68. The lowest BCUT2D eigenvalue weighted by molar-refractivity contribution is -0.153. The molecule has 0 aliphatic heterocycles. The number of amides is 1. The van der Waals surface area contributed by atoms with Gasteiger partial charge in [0.2, 0.25) is 0 Å². The molecule has 1 atom stereocenters. The maximum absolute atomic E-state index is 12.4. The molecule has 0 aromatic carbocycles. The van der Waals surface area contributed by atoms with Crippen LogP contribution in [0.4, 0.5) is 4.79 Å². The number of hydrogen-bond acceptors (Lipinski definition) is 4. The lowest BCUT2D eigenvalue weighted by atomic mass is 9.79. The fourth-order valence-corrected chi connectivity index (χ4v) is 2.85. The van der Waals surface area contributed by atoms with E-state index in [1.807, 2.05) is 0 Å². The molecule has 0 aromatic rings. The van der Waals surface area contributed by atoms with Crippen LogP contribution in [0.2, 0.25) is 0 Å². The minimum Gasteiger partial charge on any atom is -0.463 e. The first-order chi connectivity index (χ1) is 9.04. The lowest BCUT2D eigenvalue weighted by Gasteiger charge is -2.27. The number of alkyl carbamates (subject to hydrolysis) is 1. The van der Waals surface area contributed by atoms with Crippen molar-refractivity contribution in [2.75, 3.05) is 20.3 Å². The van der Waals surface area contributed by atoms with E-state index in [4.69, 9.17) is 4.74 Å². The number of esters is 1. The molecule has 5 nitrogen and oxygen atoms in total. The Bertz CT molecular complexity index is 384. The SMILES string of the molecule is COC(=O)NCCOC(=O)C1(CC(C)(C)C)CC1(C)C. The van der Waals surface area contributed by atoms with E-state index in [2.05, 4.69) is 44.7 Å². The van der Waals surface area contributed by atoms with Crippen LogP contribution in [-0.4, -0.2) is 32.3 Å². The van der Waals surface area contributed by atoms with Gasteiger partial charge in [0.25, 0.3) is 0 Å². The highest BCUT2D eigenvalue weighted by Gasteiger charge is 2.67. The third-order valence-corrected chi connectivity index (χ3v) is 3.93. The first kappa shape index (κ1) is 16.8. The van der Waals surface area contributed by atoms with Crippen molar-refractivity contribution in [1.82, 2.24) is 5.32 Å². The van der Waals surface area contributed by atoms with Crippen LogP contribution in [-0.2, 0) is 14.3 Å². The molecule has 1 rings (SSSR count). The molecule has 1 fully saturated rings. The summed E-state index contributed by atoms with van der Waals surface area (Å²) in [6.45, 7) is 11.1. The predicted octanol–water partition coefficient (Wildman–Crippen LogP) is 2.74. The molecule has 1 unspecified atom stereocenters. The van der Waals surface area contributed by atoms with Gasteiger partial charge >= 0.3 is 12.1 Å². The van der Waals surface area contributed by atoms with Crippen molar-refractivity contribution in [2.45, 2.75) is 47.5 Å². The van der Waals surface area contributed by atoms with Crippen LogP contribution in [0, 0.1) is 16.2 Å². The Hall–Kier alpha value is -1.26. The number of carbonyl (C=O) groups excluding carboxylic acids is 2. The summed E-state index contributed by atoms with van der Waals surface area (Å²) in [7, 11) is 1.30. The van der Waals surface area contributed by atoms with Crippen LogP contribution >= 0.6 is 0 Å². The third-order valence-electron chi connectivity index (χ3n) is 3.93. The van der Waals surface area contributed by atoms with Crippen LogP contribution in [0.25, 0.3) is 0 Å². The highest BCUT2D eigenvalue weighted by atomic mass is 16.5. The lowest BCUT2D eigenvalue weighted by Crippen LogP contribution is -2.32. The molecule has 1 aliphatic rings. The van der Waals surface area contributed by atoms with E-state index in [1.165, 1.54) is 7.11 Å². The minimum absolute atomic E-state index is 0.00680. The zero-order chi connectivity index (χ0) is 15.6. The maximum atomic E-state index is 12.4. The van der Waals surface area contributed by atoms with Crippen LogP contribution in [0.3, 0.4) is 0 Å². The van der Waals surface area contributed by atoms with Crippen molar-refractivity contribution < 1.29 is 19.1 Å². The van der Waals surface area contributed by atoms with E-state index in [9.17, 15) is 9.59 Å². The third kappa shape index (κ3) is 3.87. The van der Waals surface area contributed by atoms with Gasteiger partial charge in [0.15, 0.2) is 0 Å². The molecule has 1 amide bonds. The van der Waals surface area contributed by atoms with Crippen molar-refractivity contribution in [2.24, 2.45) is 16.2 Å². The standard InChI is InChI=1S/C15H27NO4/c1-13(2,3)9-15(10-14(15,4)5)11(17)20-8-7-16-12(18)19-6/h7-10H2,1-6H3,(H,16,18). The number of ether oxygens (including phenoxy) is 2. The first-order valence-corrected chi connectivity index (χ1v) is 7.03. The van der Waals surface area contributed by atoms with E-state index >= 15 is 0 Å². The van der Waals surface area contributed by atoms with Gasteiger partial charge in [-0.05, 0) is 23.7 Å². The summed E-state index contributed by atoms with van der Waals surface area (Å²) >= 11 is 0. The Kier molecular flexibility index (Phi) is 4.72. The molecule has 1 aliphatic carbocycles. The summed E-state index contributed by atoms with van der Waals surface area (Å²) in [6.07, 6.45) is 1.16. The van der Waals surface area contributed by atoms with Crippen LogP contribution in [0.5, 0.6) is 0 Å². The molecule has 1 N–H and O–H groups in total. The summed E-state index contributed by atoms with van der Waals surface area (Å²) in [5, 5.41) is 2.49. The second-order valence-electron chi connectivity index (χ2n) is 7.43. The maximum Gasteiger partial charge on any atom is 0.406 e. The topological polar surface area (TPSA) is 64.6 Å². The molecule has 0 spiro atoms. The summed E-state index contributed by atoms with van der Waals surface area (Å²) in [4.78, 5) is 23.3. The summed E-state index contributed by atoms with van der Waals surface area (Å²) < 4.78 is 9.78. The molecule has 1 saturated carbocycles. The number of nitrogens with one attached hydrogen (secondary N) is 1. The van der Waals surface area contributed by atoms with Gasteiger partial charge in [-0.3, -0.25) is 4.79 Å². The molecule has 20 heavy (non-hydrogen) atoms. The average molecular weight is 285 g/mol. The largest absolute Gasteiger partial charge is 0.463 e. The Labute approximate surface area is 121 Å². The fourth-order valence-electron chi connectivity index (χ4n) is 2.85. The zero-order valence-electron chi connectivity index (χ0n) is 13.5. The van der Waals surface area contributed by atoms with E-state index in [0.29, 0.717) is 0 Å². The molecule has 0 aromatic heterocycles. The van der Waals surface area contributed by atoms with Crippen molar-refractivity contribution in [3.05, 3.63) is 0 Å². The normalized spacial score (nSPS) is 23.9. The van der Waals surface area contributed by atoms with Crippen LogP contribution in [0.15, 0.2) is 0 Å². The van der Waals surface area contributed by atoms with Crippen LogP contribution in [0.1, 0.15) is 47.5 Å². The number of methoxy groups -OCH3 is 1. The first-order valence-electron chi connectivity index (χ1n) is 7.03. The van der Waals surface area contributed by atoms with Gasteiger partial charge < -0.3 is 14.8 Å². The Morgan fingerprint density at radius 3 is 2.20 bits per heavy atom. The number of rotatable bonds is 5. The predicted molar refractivity (Wildman–Crippen MR) is 76.3 cm³/mol. The van der Waals surface area contributed by atoms with Gasteiger partial charge in [0.05, 0.1) is 19.1 Å². The fraction of sp³-hybridized carbons (Fsp3) is 0.867. The summed E-state index contributed by atoms with van der Waals surface area (Å²) in [6, 6.07) is 0. The van der Waals surface area contributed by atoms with E-state index in [-0.39, 0.29) is 35.4 Å². The monoisotopic (exact) mass is 285 g/mol. The zero-order valence-corrected chi connectivity index (χ0v) is 13.5. The van der Waals surface area contributed by atoms with E-state index < -0.39 is 6.09 Å². The molecule has 116 valence electrons. The molecule has 0 heterocycles. The van der Waals surface area contributed by atoms with Crippen molar-refractivity contribution in [3.8, 4) is 0 Å². The Morgan fingerprint density at radius 1 is 1.25 bits per heavy atom. The second kappa shape index (κ2) is 5.62. The van der Waals surface area contributed by atoms with Crippen molar-refractivity contribution in [3.63, 3.8) is 0 Å². The molecule has 0 radical (unpaired) electrons. The smallest absolute Gasteiger partial charge is 0.406 e. The van der Waals surface area contributed by atoms with Gasteiger partial charge in [-0.25, -0.2) is 4.79 Å². The van der Waals surface area contributed by atoms with Gasteiger partial charge in [-0.15, -0.1) is 0 Å².